The molecule has 5 heteroatoms. The summed E-state index contributed by atoms with van der Waals surface area (Å²) in [6, 6.07) is 5.42. The third kappa shape index (κ3) is 1.91. The van der Waals surface area contributed by atoms with Crippen LogP contribution in [-0.2, 0) is 4.79 Å². The first-order valence-electron chi connectivity index (χ1n) is 4.66. The second-order valence-electron chi connectivity index (χ2n) is 3.33. The maximum Gasteiger partial charge on any atom is 0.243 e. The van der Waals surface area contributed by atoms with Crippen molar-refractivity contribution in [2.45, 2.75) is 0 Å². The van der Waals surface area contributed by atoms with E-state index < -0.39 is 0 Å². The van der Waals surface area contributed by atoms with Crippen molar-refractivity contribution >= 4 is 28.9 Å². The summed E-state index contributed by atoms with van der Waals surface area (Å²) < 4.78 is 0. The lowest BCUT2D eigenvalue weighted by Gasteiger charge is -2.30. The second kappa shape index (κ2) is 4.08. The molecule has 2 N–H and O–H groups in total. The molecule has 0 atom stereocenters. The molecule has 0 radical (unpaired) electrons. The van der Waals surface area contributed by atoms with Crippen LogP contribution >= 0.6 is 11.6 Å². The summed E-state index contributed by atoms with van der Waals surface area (Å²) in [5, 5.41) is 12.1. The van der Waals surface area contributed by atoms with Crippen LogP contribution in [0.4, 0.5) is 11.4 Å². The summed E-state index contributed by atoms with van der Waals surface area (Å²) in [4.78, 5) is 13.2. The quantitative estimate of drug-likeness (QED) is 0.794. The van der Waals surface area contributed by atoms with Crippen molar-refractivity contribution in [3.63, 3.8) is 0 Å². The minimum absolute atomic E-state index is 0.0131. The van der Waals surface area contributed by atoms with Crippen LogP contribution in [0.5, 0.6) is 0 Å². The minimum Gasteiger partial charge on any atom is -0.395 e. The third-order valence-electron chi connectivity index (χ3n) is 2.30. The van der Waals surface area contributed by atoms with E-state index in [9.17, 15) is 4.79 Å². The summed E-state index contributed by atoms with van der Waals surface area (Å²) >= 11 is 5.97. The van der Waals surface area contributed by atoms with Gasteiger partial charge in [-0.1, -0.05) is 17.7 Å². The van der Waals surface area contributed by atoms with Crippen molar-refractivity contribution in [3.05, 3.63) is 23.2 Å². The van der Waals surface area contributed by atoms with Crippen molar-refractivity contribution in [3.8, 4) is 0 Å². The normalized spacial score (nSPS) is 14.8. The zero-order chi connectivity index (χ0) is 10.8. The number of hydrogen-bond donors (Lipinski definition) is 2. The molecule has 0 aliphatic carbocycles. The van der Waals surface area contributed by atoms with Crippen LogP contribution in [-0.4, -0.2) is 30.7 Å². The first-order chi connectivity index (χ1) is 7.22. The summed E-state index contributed by atoms with van der Waals surface area (Å²) in [5.74, 6) is -0.107. The fourth-order valence-electron chi connectivity index (χ4n) is 1.66. The number of aliphatic hydroxyl groups excluding tert-OH is 1. The zero-order valence-corrected chi connectivity index (χ0v) is 8.79. The molecule has 2 rings (SSSR count). The Morgan fingerprint density at radius 2 is 2.33 bits per heavy atom. The van der Waals surface area contributed by atoms with Crippen LogP contribution in [0.25, 0.3) is 0 Å². The first-order valence-corrected chi connectivity index (χ1v) is 5.04. The number of hydrogen-bond acceptors (Lipinski definition) is 3. The van der Waals surface area contributed by atoms with E-state index in [2.05, 4.69) is 5.32 Å². The highest BCUT2D eigenvalue weighted by molar-refractivity contribution is 6.34. The summed E-state index contributed by atoms with van der Waals surface area (Å²) in [6.07, 6.45) is 0. The molecule has 1 aromatic carbocycles. The number of carbonyl (C=O) groups excluding carboxylic acids is 1. The summed E-state index contributed by atoms with van der Waals surface area (Å²) in [6.45, 7) is 0.702. The number of para-hydroxylation sites is 1. The van der Waals surface area contributed by atoms with Crippen LogP contribution < -0.4 is 10.2 Å². The Hall–Kier alpha value is -1.26. The number of benzene rings is 1. The highest BCUT2D eigenvalue weighted by Gasteiger charge is 2.22. The Bertz CT molecular complexity index is 395. The average molecular weight is 227 g/mol. The van der Waals surface area contributed by atoms with E-state index in [4.69, 9.17) is 16.7 Å². The highest BCUT2D eigenvalue weighted by Crippen LogP contribution is 2.35. The lowest BCUT2D eigenvalue weighted by Crippen LogP contribution is -2.39. The van der Waals surface area contributed by atoms with Crippen LogP contribution in [0, 0.1) is 0 Å². The van der Waals surface area contributed by atoms with Gasteiger partial charge in [0.15, 0.2) is 0 Å². The number of nitrogens with zero attached hydrogens (tertiary/aromatic N) is 1. The van der Waals surface area contributed by atoms with E-state index in [1.807, 2.05) is 12.1 Å². The van der Waals surface area contributed by atoms with Crippen molar-refractivity contribution in [1.82, 2.24) is 0 Å². The zero-order valence-electron chi connectivity index (χ0n) is 8.03. The Labute approximate surface area is 92.5 Å². The number of β-amino-alcohol motifs (C(OH)–C–C–N with tert-alkyl or cyclic N) is 1. The molecule has 0 aromatic heterocycles. The van der Waals surface area contributed by atoms with Crippen LogP contribution in [0.1, 0.15) is 0 Å². The number of halogens is 1. The Morgan fingerprint density at radius 1 is 1.53 bits per heavy atom. The molecular formula is C10H11ClN2O2. The second-order valence-corrected chi connectivity index (χ2v) is 3.73. The molecule has 4 nitrogen and oxygen atoms in total. The number of carbonyl (C=O) groups is 1. The molecule has 0 unspecified atom stereocenters. The minimum atomic E-state index is -0.107. The lowest BCUT2D eigenvalue weighted by molar-refractivity contribution is -0.115. The van der Waals surface area contributed by atoms with Gasteiger partial charge in [0.25, 0.3) is 0 Å². The monoisotopic (exact) mass is 226 g/mol. The molecule has 0 fully saturated rings. The summed E-state index contributed by atoms with van der Waals surface area (Å²) in [5.41, 5.74) is 1.49. The van der Waals surface area contributed by atoms with Crippen molar-refractivity contribution in [2.75, 3.05) is 29.9 Å². The highest BCUT2D eigenvalue weighted by atomic mass is 35.5. The maximum atomic E-state index is 11.4. The van der Waals surface area contributed by atoms with Gasteiger partial charge in [-0.3, -0.25) is 4.79 Å². The molecule has 0 saturated carbocycles. The Balaban J connectivity index is 2.41. The lowest BCUT2D eigenvalue weighted by atomic mass is 10.2. The smallest absolute Gasteiger partial charge is 0.243 e. The largest absolute Gasteiger partial charge is 0.395 e. The fraction of sp³-hybridized carbons (Fsp3) is 0.300. The number of amides is 1. The molecule has 1 amide bonds. The average Bonchev–Trinajstić information content (AvgIpc) is 2.20. The predicted molar refractivity (Wildman–Crippen MR) is 59.4 cm³/mol. The van der Waals surface area contributed by atoms with Gasteiger partial charge < -0.3 is 15.3 Å². The van der Waals surface area contributed by atoms with Gasteiger partial charge in [0.05, 0.1) is 29.5 Å². The van der Waals surface area contributed by atoms with Gasteiger partial charge >= 0.3 is 0 Å². The van der Waals surface area contributed by atoms with Crippen LogP contribution in [0.15, 0.2) is 18.2 Å². The Kier molecular flexibility index (Phi) is 2.79. The van der Waals surface area contributed by atoms with Gasteiger partial charge in [-0.05, 0) is 12.1 Å². The molecule has 1 aliphatic heterocycles. The molecule has 1 aromatic rings. The van der Waals surface area contributed by atoms with E-state index in [1.165, 1.54) is 0 Å². The number of anilines is 2. The summed E-state index contributed by atoms with van der Waals surface area (Å²) in [7, 11) is 0. The standard InChI is InChI=1S/C10H11ClN2O2/c11-7-2-1-3-8-10(7)12-9(15)6-13(8)4-5-14/h1-3,14H,4-6H2,(H,12,15). The van der Waals surface area contributed by atoms with E-state index in [0.29, 0.717) is 17.3 Å². The number of nitrogens with one attached hydrogen (secondary N) is 1. The molecule has 0 saturated heterocycles. The molecule has 0 spiro atoms. The topological polar surface area (TPSA) is 52.6 Å². The van der Waals surface area contributed by atoms with Gasteiger partial charge in [0.1, 0.15) is 0 Å². The first kappa shape index (κ1) is 10.3. The van der Waals surface area contributed by atoms with Gasteiger partial charge in [0, 0.05) is 6.54 Å². The molecule has 80 valence electrons. The SMILES string of the molecule is O=C1CN(CCO)c2cccc(Cl)c2N1. The molecular weight excluding hydrogens is 216 g/mol. The van der Waals surface area contributed by atoms with E-state index >= 15 is 0 Å². The van der Waals surface area contributed by atoms with E-state index in [1.54, 1.807) is 11.0 Å². The van der Waals surface area contributed by atoms with Crippen LogP contribution in [0.3, 0.4) is 0 Å². The molecule has 0 bridgehead atoms. The predicted octanol–water partition coefficient (Wildman–Crippen LogP) is 1.09. The molecule has 1 heterocycles. The van der Waals surface area contributed by atoms with Crippen molar-refractivity contribution < 1.29 is 9.90 Å². The van der Waals surface area contributed by atoms with Gasteiger partial charge in [-0.25, -0.2) is 0 Å². The molecule has 1 aliphatic rings. The van der Waals surface area contributed by atoms with Gasteiger partial charge in [-0.15, -0.1) is 0 Å². The Morgan fingerprint density at radius 3 is 3.07 bits per heavy atom. The van der Waals surface area contributed by atoms with Crippen molar-refractivity contribution in [1.29, 1.82) is 0 Å². The van der Waals surface area contributed by atoms with Gasteiger partial charge in [-0.2, -0.15) is 0 Å². The van der Waals surface area contributed by atoms with E-state index in [0.717, 1.165) is 5.69 Å². The van der Waals surface area contributed by atoms with E-state index in [-0.39, 0.29) is 19.1 Å². The third-order valence-corrected chi connectivity index (χ3v) is 2.62. The fourth-order valence-corrected chi connectivity index (χ4v) is 1.87. The van der Waals surface area contributed by atoms with Gasteiger partial charge in [0.2, 0.25) is 5.91 Å². The van der Waals surface area contributed by atoms with Crippen LogP contribution in [0.2, 0.25) is 5.02 Å². The molecule has 15 heavy (non-hydrogen) atoms. The van der Waals surface area contributed by atoms with Crippen molar-refractivity contribution in [2.24, 2.45) is 0 Å². The number of aliphatic hydroxyl groups is 1. The number of rotatable bonds is 2. The number of fused-ring (bicyclic) bond motifs is 1. The maximum absolute atomic E-state index is 11.4.